The third-order valence-corrected chi connectivity index (χ3v) is 3.38. The molecule has 3 heteroatoms. The van der Waals surface area contributed by atoms with Crippen LogP contribution in [0.3, 0.4) is 0 Å². The highest BCUT2D eigenvalue weighted by Gasteiger charge is 2.25. The summed E-state index contributed by atoms with van der Waals surface area (Å²) in [7, 11) is 0. The molecule has 1 unspecified atom stereocenters. The Morgan fingerprint density at radius 1 is 1.50 bits per heavy atom. The molecule has 1 saturated carbocycles. The summed E-state index contributed by atoms with van der Waals surface area (Å²) >= 11 is 0. The lowest BCUT2D eigenvalue weighted by Crippen LogP contribution is -2.21. The van der Waals surface area contributed by atoms with Gasteiger partial charge in [-0.2, -0.15) is 0 Å². The molecule has 1 aliphatic rings. The van der Waals surface area contributed by atoms with Gasteiger partial charge < -0.3 is 9.88 Å². The van der Waals surface area contributed by atoms with Gasteiger partial charge in [-0.25, -0.2) is 4.98 Å². The minimum absolute atomic E-state index is 0.597. The van der Waals surface area contributed by atoms with Crippen LogP contribution in [0, 0.1) is 12.8 Å². The van der Waals surface area contributed by atoms with Crippen LogP contribution in [-0.4, -0.2) is 15.6 Å². The van der Waals surface area contributed by atoms with Crippen LogP contribution in [0.5, 0.6) is 0 Å². The van der Waals surface area contributed by atoms with Crippen molar-refractivity contribution < 1.29 is 0 Å². The topological polar surface area (TPSA) is 29.9 Å². The van der Waals surface area contributed by atoms with Gasteiger partial charge in [0.2, 0.25) is 5.95 Å². The second-order valence-corrected chi connectivity index (χ2v) is 4.92. The van der Waals surface area contributed by atoms with Gasteiger partial charge >= 0.3 is 0 Å². The molecule has 3 nitrogen and oxygen atoms in total. The third-order valence-electron chi connectivity index (χ3n) is 3.38. The molecule has 0 radical (unpaired) electrons. The van der Waals surface area contributed by atoms with E-state index in [1.165, 1.54) is 25.7 Å². The van der Waals surface area contributed by atoms with Crippen LogP contribution in [0.4, 0.5) is 5.95 Å². The first-order valence-electron chi connectivity index (χ1n) is 6.53. The number of aryl methyl sites for hydroxylation is 2. The number of imidazole rings is 1. The van der Waals surface area contributed by atoms with Crippen LogP contribution < -0.4 is 5.32 Å². The highest BCUT2D eigenvalue weighted by Crippen LogP contribution is 2.34. The number of anilines is 1. The van der Waals surface area contributed by atoms with Gasteiger partial charge in [-0.3, -0.25) is 0 Å². The largest absolute Gasteiger partial charge is 0.353 e. The van der Waals surface area contributed by atoms with Crippen molar-refractivity contribution in [2.45, 2.75) is 59.0 Å². The zero-order chi connectivity index (χ0) is 11.5. The van der Waals surface area contributed by atoms with E-state index in [4.69, 9.17) is 0 Å². The smallest absolute Gasteiger partial charge is 0.203 e. The van der Waals surface area contributed by atoms with E-state index in [-0.39, 0.29) is 0 Å². The Kier molecular flexibility index (Phi) is 3.52. The summed E-state index contributed by atoms with van der Waals surface area (Å²) in [6, 6.07) is 0.597. The van der Waals surface area contributed by atoms with Crippen LogP contribution in [0.25, 0.3) is 0 Å². The molecule has 1 aromatic rings. The summed E-state index contributed by atoms with van der Waals surface area (Å²) in [5, 5.41) is 3.59. The molecule has 0 aliphatic heterocycles. The van der Waals surface area contributed by atoms with E-state index >= 15 is 0 Å². The Labute approximate surface area is 98.3 Å². The third kappa shape index (κ3) is 2.77. The fourth-order valence-electron chi connectivity index (χ4n) is 2.17. The summed E-state index contributed by atoms with van der Waals surface area (Å²) in [6.07, 6.45) is 7.48. The van der Waals surface area contributed by atoms with Gasteiger partial charge in [-0.1, -0.05) is 19.8 Å². The molecule has 2 rings (SSSR count). The van der Waals surface area contributed by atoms with E-state index in [1.807, 2.05) is 0 Å². The lowest BCUT2D eigenvalue weighted by atomic mass is 10.1. The molecule has 1 fully saturated rings. The van der Waals surface area contributed by atoms with E-state index in [0.29, 0.717) is 6.04 Å². The van der Waals surface area contributed by atoms with Crippen LogP contribution in [0.1, 0.15) is 45.2 Å². The summed E-state index contributed by atoms with van der Waals surface area (Å²) in [6.45, 7) is 7.46. The van der Waals surface area contributed by atoms with Crippen LogP contribution >= 0.6 is 0 Å². The van der Waals surface area contributed by atoms with E-state index in [9.17, 15) is 0 Å². The van der Waals surface area contributed by atoms with Gasteiger partial charge in [0.15, 0.2) is 0 Å². The van der Waals surface area contributed by atoms with Crippen LogP contribution in [-0.2, 0) is 6.54 Å². The van der Waals surface area contributed by atoms with Crippen molar-refractivity contribution in [1.29, 1.82) is 0 Å². The highest BCUT2D eigenvalue weighted by molar-refractivity contribution is 5.30. The van der Waals surface area contributed by atoms with E-state index in [1.54, 1.807) is 0 Å². The Morgan fingerprint density at radius 2 is 2.25 bits per heavy atom. The summed E-state index contributed by atoms with van der Waals surface area (Å²) < 4.78 is 2.20. The van der Waals surface area contributed by atoms with Crippen molar-refractivity contribution in [2.24, 2.45) is 5.92 Å². The summed E-state index contributed by atoms with van der Waals surface area (Å²) in [5.74, 6) is 2.02. The number of aromatic nitrogens is 2. The normalized spacial score (nSPS) is 17.4. The number of nitrogens with one attached hydrogen (secondary N) is 1. The average Bonchev–Trinajstić information content (AvgIpc) is 3.01. The van der Waals surface area contributed by atoms with Gasteiger partial charge in [0.05, 0.1) is 5.69 Å². The second kappa shape index (κ2) is 4.89. The maximum atomic E-state index is 4.55. The first-order valence-corrected chi connectivity index (χ1v) is 6.53. The quantitative estimate of drug-likeness (QED) is 0.799. The van der Waals surface area contributed by atoms with E-state index in [2.05, 4.69) is 41.8 Å². The van der Waals surface area contributed by atoms with Crippen molar-refractivity contribution in [3.63, 3.8) is 0 Å². The highest BCUT2D eigenvalue weighted by atomic mass is 15.2. The average molecular weight is 221 g/mol. The molecule has 0 bridgehead atoms. The molecule has 0 spiro atoms. The van der Waals surface area contributed by atoms with Crippen molar-refractivity contribution in [3.8, 4) is 0 Å². The molecule has 1 heterocycles. The second-order valence-electron chi connectivity index (χ2n) is 4.92. The first-order chi connectivity index (χ1) is 7.72. The Balaban J connectivity index is 1.98. The van der Waals surface area contributed by atoms with Gasteiger partial charge in [-0.15, -0.1) is 0 Å². The minimum atomic E-state index is 0.597. The van der Waals surface area contributed by atoms with Crippen LogP contribution in [0.15, 0.2) is 6.20 Å². The summed E-state index contributed by atoms with van der Waals surface area (Å²) in [4.78, 5) is 4.55. The van der Waals surface area contributed by atoms with Crippen molar-refractivity contribution in [1.82, 2.24) is 9.55 Å². The number of hydrogen-bond donors (Lipinski definition) is 1. The van der Waals surface area contributed by atoms with Crippen molar-refractivity contribution in [3.05, 3.63) is 11.9 Å². The fraction of sp³-hybridized carbons (Fsp3) is 0.769. The molecule has 90 valence electrons. The fourth-order valence-corrected chi connectivity index (χ4v) is 2.17. The van der Waals surface area contributed by atoms with Gasteiger partial charge in [0.1, 0.15) is 0 Å². The molecule has 0 amide bonds. The zero-order valence-corrected chi connectivity index (χ0v) is 10.7. The maximum absolute atomic E-state index is 4.55. The molecular formula is C13H23N3. The molecule has 16 heavy (non-hydrogen) atoms. The lowest BCUT2D eigenvalue weighted by Gasteiger charge is -2.17. The van der Waals surface area contributed by atoms with E-state index < -0.39 is 0 Å². The number of nitrogens with zero attached hydrogens (tertiary/aromatic N) is 2. The number of hydrogen-bond acceptors (Lipinski definition) is 2. The molecular weight excluding hydrogens is 198 g/mol. The standard InChI is InChI=1S/C13H23N3/c1-4-12(8-11-6-7-11)15-13-14-10(3)9-16(13)5-2/h9,11-12H,4-8H2,1-3H3,(H,14,15). The Morgan fingerprint density at radius 3 is 2.81 bits per heavy atom. The number of rotatable bonds is 6. The Hall–Kier alpha value is -0.990. The first kappa shape index (κ1) is 11.5. The summed E-state index contributed by atoms with van der Waals surface area (Å²) in [5.41, 5.74) is 1.10. The van der Waals surface area contributed by atoms with E-state index in [0.717, 1.165) is 24.1 Å². The van der Waals surface area contributed by atoms with Gasteiger partial charge in [-0.05, 0) is 32.6 Å². The SMILES string of the molecule is CCC(CC1CC1)Nc1nc(C)cn1CC. The molecule has 1 N–H and O–H groups in total. The van der Waals surface area contributed by atoms with Gasteiger partial charge in [0, 0.05) is 18.8 Å². The van der Waals surface area contributed by atoms with Gasteiger partial charge in [0.25, 0.3) is 0 Å². The predicted octanol–water partition coefficient (Wildman–Crippen LogP) is 3.20. The molecule has 1 atom stereocenters. The van der Waals surface area contributed by atoms with Crippen molar-refractivity contribution in [2.75, 3.05) is 5.32 Å². The molecule has 1 aromatic heterocycles. The zero-order valence-electron chi connectivity index (χ0n) is 10.7. The monoisotopic (exact) mass is 221 g/mol. The molecule has 1 aliphatic carbocycles. The molecule has 0 aromatic carbocycles. The maximum Gasteiger partial charge on any atom is 0.203 e. The molecule has 0 saturated heterocycles. The Bertz CT molecular complexity index is 339. The van der Waals surface area contributed by atoms with Crippen LogP contribution in [0.2, 0.25) is 0 Å². The predicted molar refractivity (Wildman–Crippen MR) is 67.7 cm³/mol. The van der Waals surface area contributed by atoms with Crippen molar-refractivity contribution >= 4 is 5.95 Å². The lowest BCUT2D eigenvalue weighted by molar-refractivity contribution is 0.577. The minimum Gasteiger partial charge on any atom is -0.353 e.